The molecule has 1 aliphatic rings. The van der Waals surface area contributed by atoms with Crippen LogP contribution in [0.2, 0.25) is 0 Å². The number of rotatable bonds is 4. The molecule has 1 aliphatic carbocycles. The first kappa shape index (κ1) is 10.7. The zero-order chi connectivity index (χ0) is 10.7. The molecule has 84 valence electrons. The zero-order valence-corrected chi connectivity index (χ0v) is 9.71. The van der Waals surface area contributed by atoms with Crippen LogP contribution in [-0.4, -0.2) is 16.2 Å². The lowest BCUT2D eigenvalue weighted by Gasteiger charge is -2.11. The van der Waals surface area contributed by atoms with Crippen LogP contribution in [0.15, 0.2) is 6.20 Å². The highest BCUT2D eigenvalue weighted by atomic mass is 15.1. The molecule has 0 aliphatic heterocycles. The van der Waals surface area contributed by atoms with Crippen molar-refractivity contribution in [2.75, 3.05) is 0 Å². The Bertz CT molecular complexity index is 298. The van der Waals surface area contributed by atoms with E-state index in [4.69, 9.17) is 0 Å². The fourth-order valence-electron chi connectivity index (χ4n) is 2.34. The van der Waals surface area contributed by atoms with Crippen molar-refractivity contribution in [1.82, 2.24) is 15.5 Å². The third-order valence-electron chi connectivity index (χ3n) is 3.22. The molecule has 3 nitrogen and oxygen atoms in total. The third-order valence-corrected chi connectivity index (χ3v) is 3.22. The zero-order valence-electron chi connectivity index (χ0n) is 9.71. The molecule has 1 aromatic heterocycles. The maximum absolute atomic E-state index is 4.18. The first-order valence-electron chi connectivity index (χ1n) is 6.03. The maximum Gasteiger partial charge on any atom is 0.0535 e. The van der Waals surface area contributed by atoms with Gasteiger partial charge in [-0.2, -0.15) is 5.10 Å². The van der Waals surface area contributed by atoms with E-state index in [1.165, 1.54) is 36.9 Å². The van der Waals surface area contributed by atoms with E-state index in [0.717, 1.165) is 12.5 Å². The van der Waals surface area contributed by atoms with Gasteiger partial charge in [-0.15, -0.1) is 0 Å². The standard InChI is InChI=1S/C12H21N3/c1-9(2)13-7-11-8-14-15-12(11)10-5-3-4-6-10/h8-10,13H,3-7H2,1-2H3,(H,14,15). The smallest absolute Gasteiger partial charge is 0.0535 e. The van der Waals surface area contributed by atoms with E-state index >= 15 is 0 Å². The molecule has 0 bridgehead atoms. The van der Waals surface area contributed by atoms with Gasteiger partial charge in [0.15, 0.2) is 0 Å². The first-order valence-corrected chi connectivity index (χ1v) is 6.03. The summed E-state index contributed by atoms with van der Waals surface area (Å²) in [5.41, 5.74) is 2.73. The number of aromatic amines is 1. The topological polar surface area (TPSA) is 40.7 Å². The average Bonchev–Trinajstić information content (AvgIpc) is 2.85. The van der Waals surface area contributed by atoms with Gasteiger partial charge in [-0.25, -0.2) is 0 Å². The Labute approximate surface area is 91.7 Å². The van der Waals surface area contributed by atoms with E-state index in [1.54, 1.807) is 0 Å². The summed E-state index contributed by atoms with van der Waals surface area (Å²) in [5.74, 6) is 0.733. The monoisotopic (exact) mass is 207 g/mol. The van der Waals surface area contributed by atoms with Crippen molar-refractivity contribution in [3.8, 4) is 0 Å². The molecule has 0 aromatic carbocycles. The molecule has 0 spiro atoms. The van der Waals surface area contributed by atoms with Crippen LogP contribution in [0.1, 0.15) is 56.7 Å². The van der Waals surface area contributed by atoms with E-state index in [0.29, 0.717) is 6.04 Å². The van der Waals surface area contributed by atoms with Crippen LogP contribution in [-0.2, 0) is 6.54 Å². The number of nitrogens with zero attached hydrogens (tertiary/aromatic N) is 1. The molecular formula is C12H21N3. The molecule has 1 heterocycles. The molecule has 3 heteroatoms. The molecule has 1 fully saturated rings. The van der Waals surface area contributed by atoms with Crippen molar-refractivity contribution in [1.29, 1.82) is 0 Å². The molecule has 0 radical (unpaired) electrons. The Balaban J connectivity index is 2.01. The maximum atomic E-state index is 4.18. The number of hydrogen-bond acceptors (Lipinski definition) is 2. The summed E-state index contributed by atoms with van der Waals surface area (Å²) in [4.78, 5) is 0. The largest absolute Gasteiger partial charge is 0.310 e. The van der Waals surface area contributed by atoms with Gasteiger partial charge in [0.2, 0.25) is 0 Å². The Morgan fingerprint density at radius 1 is 1.47 bits per heavy atom. The highest BCUT2D eigenvalue weighted by Gasteiger charge is 2.21. The molecule has 0 saturated heterocycles. The van der Waals surface area contributed by atoms with Gasteiger partial charge in [0.05, 0.1) is 6.20 Å². The van der Waals surface area contributed by atoms with Gasteiger partial charge < -0.3 is 5.32 Å². The Kier molecular flexibility index (Phi) is 3.41. The fraction of sp³-hybridized carbons (Fsp3) is 0.750. The predicted molar refractivity (Wildman–Crippen MR) is 61.8 cm³/mol. The lowest BCUT2D eigenvalue weighted by molar-refractivity contribution is 0.580. The van der Waals surface area contributed by atoms with Crippen LogP contribution in [0.4, 0.5) is 0 Å². The van der Waals surface area contributed by atoms with Gasteiger partial charge in [0.25, 0.3) is 0 Å². The van der Waals surface area contributed by atoms with E-state index in [9.17, 15) is 0 Å². The first-order chi connectivity index (χ1) is 7.27. The minimum absolute atomic E-state index is 0.538. The number of H-pyrrole nitrogens is 1. The van der Waals surface area contributed by atoms with Gasteiger partial charge in [-0.3, -0.25) is 5.10 Å². The summed E-state index contributed by atoms with van der Waals surface area (Å²) in [6.45, 7) is 5.30. The Hall–Kier alpha value is -0.830. The van der Waals surface area contributed by atoms with Crippen molar-refractivity contribution in [3.05, 3.63) is 17.5 Å². The Morgan fingerprint density at radius 3 is 2.87 bits per heavy atom. The Morgan fingerprint density at radius 2 is 2.20 bits per heavy atom. The summed E-state index contributed by atoms with van der Waals surface area (Å²) in [6, 6.07) is 0.538. The lowest BCUT2D eigenvalue weighted by atomic mass is 10.0. The predicted octanol–water partition coefficient (Wildman–Crippen LogP) is 2.57. The minimum atomic E-state index is 0.538. The van der Waals surface area contributed by atoms with Crippen molar-refractivity contribution in [3.63, 3.8) is 0 Å². The van der Waals surface area contributed by atoms with Gasteiger partial charge >= 0.3 is 0 Å². The SMILES string of the molecule is CC(C)NCc1cn[nH]c1C1CCCC1. The van der Waals surface area contributed by atoms with E-state index in [-0.39, 0.29) is 0 Å². The quantitative estimate of drug-likeness (QED) is 0.796. The summed E-state index contributed by atoms with van der Waals surface area (Å²) >= 11 is 0. The summed E-state index contributed by atoms with van der Waals surface area (Å²) < 4.78 is 0. The van der Waals surface area contributed by atoms with Crippen molar-refractivity contribution in [2.45, 2.75) is 58.0 Å². The highest BCUT2D eigenvalue weighted by molar-refractivity contribution is 5.21. The van der Waals surface area contributed by atoms with Crippen LogP contribution in [0.5, 0.6) is 0 Å². The molecule has 1 aromatic rings. The van der Waals surface area contributed by atoms with Crippen LogP contribution in [0.3, 0.4) is 0 Å². The molecule has 0 unspecified atom stereocenters. The van der Waals surface area contributed by atoms with E-state index < -0.39 is 0 Å². The number of nitrogens with one attached hydrogen (secondary N) is 2. The fourth-order valence-corrected chi connectivity index (χ4v) is 2.34. The lowest BCUT2D eigenvalue weighted by Crippen LogP contribution is -2.22. The molecule has 2 N–H and O–H groups in total. The van der Waals surface area contributed by atoms with Gasteiger partial charge in [-0.05, 0) is 12.8 Å². The summed E-state index contributed by atoms with van der Waals surface area (Å²) in [7, 11) is 0. The van der Waals surface area contributed by atoms with E-state index in [1.807, 2.05) is 6.20 Å². The van der Waals surface area contributed by atoms with E-state index in [2.05, 4.69) is 29.4 Å². The van der Waals surface area contributed by atoms with Crippen molar-refractivity contribution in [2.24, 2.45) is 0 Å². The van der Waals surface area contributed by atoms with Crippen LogP contribution >= 0.6 is 0 Å². The van der Waals surface area contributed by atoms with Crippen molar-refractivity contribution >= 4 is 0 Å². The van der Waals surface area contributed by atoms with Crippen LogP contribution in [0.25, 0.3) is 0 Å². The second-order valence-electron chi connectivity index (χ2n) is 4.83. The van der Waals surface area contributed by atoms with Gasteiger partial charge in [-0.1, -0.05) is 26.7 Å². The second-order valence-corrected chi connectivity index (χ2v) is 4.83. The molecule has 15 heavy (non-hydrogen) atoms. The molecule has 1 saturated carbocycles. The molecular weight excluding hydrogens is 186 g/mol. The number of hydrogen-bond donors (Lipinski definition) is 2. The molecule has 0 atom stereocenters. The summed E-state index contributed by atoms with van der Waals surface area (Å²) in [5, 5.41) is 10.8. The number of aromatic nitrogens is 2. The summed E-state index contributed by atoms with van der Waals surface area (Å²) in [6.07, 6.45) is 7.39. The van der Waals surface area contributed by atoms with Crippen molar-refractivity contribution < 1.29 is 0 Å². The molecule has 2 rings (SSSR count). The normalized spacial score (nSPS) is 17.8. The van der Waals surface area contributed by atoms with Gasteiger partial charge in [0.1, 0.15) is 0 Å². The average molecular weight is 207 g/mol. The minimum Gasteiger partial charge on any atom is -0.310 e. The third kappa shape index (κ3) is 2.59. The molecule has 0 amide bonds. The van der Waals surface area contributed by atoms with Crippen LogP contribution in [0, 0.1) is 0 Å². The second kappa shape index (κ2) is 4.79. The highest BCUT2D eigenvalue weighted by Crippen LogP contribution is 2.34. The van der Waals surface area contributed by atoms with Crippen LogP contribution < -0.4 is 5.32 Å². The van der Waals surface area contributed by atoms with Gasteiger partial charge in [0, 0.05) is 29.8 Å².